The predicted molar refractivity (Wildman–Crippen MR) is 58.8 cm³/mol. The average Bonchev–Trinajstić information content (AvgIpc) is 2.04. The molecular weight excluding hydrogens is 160 g/mol. The van der Waals surface area contributed by atoms with E-state index in [9.17, 15) is 5.11 Å². The molecule has 0 heterocycles. The quantitative estimate of drug-likeness (QED) is 0.672. The number of aliphatic hydroxyl groups is 1. The summed E-state index contributed by atoms with van der Waals surface area (Å²) in [7, 11) is 0. The Morgan fingerprint density at radius 1 is 1.23 bits per heavy atom. The second-order valence-corrected chi connectivity index (χ2v) is 5.06. The third-order valence-electron chi connectivity index (χ3n) is 3.12. The van der Waals surface area contributed by atoms with E-state index in [0.29, 0.717) is 11.3 Å². The van der Waals surface area contributed by atoms with Gasteiger partial charge >= 0.3 is 0 Å². The molecule has 80 valence electrons. The van der Waals surface area contributed by atoms with Gasteiger partial charge in [-0.15, -0.1) is 0 Å². The third-order valence-corrected chi connectivity index (χ3v) is 3.12. The van der Waals surface area contributed by atoms with Crippen LogP contribution in [0, 0.1) is 11.3 Å². The lowest BCUT2D eigenvalue weighted by Crippen LogP contribution is -2.25. The van der Waals surface area contributed by atoms with Crippen LogP contribution < -0.4 is 0 Å². The lowest BCUT2D eigenvalue weighted by atomic mass is 9.80. The van der Waals surface area contributed by atoms with Gasteiger partial charge in [-0.3, -0.25) is 0 Å². The fourth-order valence-corrected chi connectivity index (χ4v) is 1.56. The first-order valence-corrected chi connectivity index (χ1v) is 5.61. The standard InChI is InChI=1S/C12H26O/c1-6-8-10(3)11(13)9-12(4,5)7-2/h10-11,13H,6-9H2,1-5H3. The highest BCUT2D eigenvalue weighted by molar-refractivity contribution is 4.74. The van der Waals surface area contributed by atoms with Crippen LogP contribution in [0.4, 0.5) is 0 Å². The van der Waals surface area contributed by atoms with Gasteiger partial charge in [0.2, 0.25) is 0 Å². The van der Waals surface area contributed by atoms with Gasteiger partial charge in [0.25, 0.3) is 0 Å². The molecule has 0 aromatic carbocycles. The van der Waals surface area contributed by atoms with E-state index in [1.54, 1.807) is 0 Å². The summed E-state index contributed by atoms with van der Waals surface area (Å²) in [6.07, 6.45) is 4.27. The first kappa shape index (κ1) is 13.0. The van der Waals surface area contributed by atoms with Crippen molar-refractivity contribution < 1.29 is 5.11 Å². The number of aliphatic hydroxyl groups excluding tert-OH is 1. The average molecular weight is 186 g/mol. The largest absolute Gasteiger partial charge is 0.393 e. The lowest BCUT2D eigenvalue weighted by molar-refractivity contribution is 0.0627. The van der Waals surface area contributed by atoms with Crippen molar-refractivity contribution in [3.63, 3.8) is 0 Å². The van der Waals surface area contributed by atoms with Gasteiger partial charge in [0, 0.05) is 0 Å². The summed E-state index contributed by atoms with van der Waals surface area (Å²) < 4.78 is 0. The van der Waals surface area contributed by atoms with E-state index >= 15 is 0 Å². The van der Waals surface area contributed by atoms with Gasteiger partial charge in [-0.2, -0.15) is 0 Å². The van der Waals surface area contributed by atoms with Crippen molar-refractivity contribution in [1.29, 1.82) is 0 Å². The van der Waals surface area contributed by atoms with Crippen molar-refractivity contribution in [2.75, 3.05) is 0 Å². The Bertz CT molecular complexity index is 129. The summed E-state index contributed by atoms with van der Waals surface area (Å²) in [4.78, 5) is 0. The minimum atomic E-state index is -0.116. The topological polar surface area (TPSA) is 20.2 Å². The minimum absolute atomic E-state index is 0.116. The van der Waals surface area contributed by atoms with Crippen LogP contribution in [0.25, 0.3) is 0 Å². The zero-order chi connectivity index (χ0) is 10.5. The minimum Gasteiger partial charge on any atom is -0.393 e. The molecule has 0 spiro atoms. The molecule has 0 aliphatic heterocycles. The van der Waals surface area contributed by atoms with E-state index in [0.717, 1.165) is 19.3 Å². The second-order valence-electron chi connectivity index (χ2n) is 5.06. The third kappa shape index (κ3) is 5.30. The Morgan fingerprint density at radius 2 is 1.77 bits per heavy atom. The summed E-state index contributed by atoms with van der Waals surface area (Å²) in [6.45, 7) is 11.0. The summed E-state index contributed by atoms with van der Waals surface area (Å²) >= 11 is 0. The molecule has 0 aliphatic carbocycles. The SMILES string of the molecule is CCCC(C)C(O)CC(C)(C)CC. The van der Waals surface area contributed by atoms with Crippen LogP contribution >= 0.6 is 0 Å². The molecular formula is C12H26O. The van der Waals surface area contributed by atoms with Crippen molar-refractivity contribution in [3.8, 4) is 0 Å². The molecule has 0 aromatic rings. The van der Waals surface area contributed by atoms with Crippen molar-refractivity contribution in [2.45, 2.75) is 66.4 Å². The Morgan fingerprint density at radius 3 is 2.15 bits per heavy atom. The van der Waals surface area contributed by atoms with Crippen LogP contribution in [0.1, 0.15) is 60.3 Å². The first-order valence-electron chi connectivity index (χ1n) is 5.61. The van der Waals surface area contributed by atoms with Gasteiger partial charge < -0.3 is 5.11 Å². The molecule has 2 atom stereocenters. The zero-order valence-electron chi connectivity index (χ0n) is 9.93. The molecule has 0 saturated heterocycles. The maximum Gasteiger partial charge on any atom is 0.0570 e. The van der Waals surface area contributed by atoms with Gasteiger partial charge in [-0.1, -0.05) is 47.5 Å². The smallest absolute Gasteiger partial charge is 0.0570 e. The van der Waals surface area contributed by atoms with Gasteiger partial charge in [0.1, 0.15) is 0 Å². The van der Waals surface area contributed by atoms with E-state index in [4.69, 9.17) is 0 Å². The fraction of sp³-hybridized carbons (Fsp3) is 1.00. The maximum absolute atomic E-state index is 9.92. The van der Waals surface area contributed by atoms with Crippen LogP contribution in [0.5, 0.6) is 0 Å². The molecule has 1 nitrogen and oxygen atoms in total. The number of hydrogen-bond donors (Lipinski definition) is 1. The molecule has 0 radical (unpaired) electrons. The molecule has 0 aliphatic rings. The molecule has 0 saturated carbocycles. The zero-order valence-corrected chi connectivity index (χ0v) is 9.93. The van der Waals surface area contributed by atoms with E-state index in [1.165, 1.54) is 6.42 Å². The van der Waals surface area contributed by atoms with E-state index < -0.39 is 0 Å². The molecule has 0 fully saturated rings. The summed E-state index contributed by atoms with van der Waals surface area (Å²) in [5.74, 6) is 0.454. The Hall–Kier alpha value is -0.0400. The highest BCUT2D eigenvalue weighted by Gasteiger charge is 2.23. The highest BCUT2D eigenvalue weighted by atomic mass is 16.3. The van der Waals surface area contributed by atoms with Crippen LogP contribution in [-0.4, -0.2) is 11.2 Å². The Balaban J connectivity index is 3.91. The van der Waals surface area contributed by atoms with E-state index in [2.05, 4.69) is 34.6 Å². The van der Waals surface area contributed by atoms with Gasteiger partial charge in [0.15, 0.2) is 0 Å². The van der Waals surface area contributed by atoms with Crippen LogP contribution in [0.15, 0.2) is 0 Å². The normalized spacial score (nSPS) is 17.1. The molecule has 0 aromatic heterocycles. The van der Waals surface area contributed by atoms with E-state index in [-0.39, 0.29) is 6.10 Å². The van der Waals surface area contributed by atoms with Crippen LogP contribution in [-0.2, 0) is 0 Å². The van der Waals surface area contributed by atoms with Crippen molar-refractivity contribution >= 4 is 0 Å². The lowest BCUT2D eigenvalue weighted by Gasteiger charge is -2.28. The summed E-state index contributed by atoms with van der Waals surface area (Å²) in [5, 5.41) is 9.92. The molecule has 0 amide bonds. The Labute approximate surface area is 83.5 Å². The molecule has 0 rings (SSSR count). The van der Waals surface area contributed by atoms with Gasteiger partial charge in [-0.05, 0) is 24.2 Å². The van der Waals surface area contributed by atoms with Crippen LogP contribution in [0.2, 0.25) is 0 Å². The molecule has 13 heavy (non-hydrogen) atoms. The van der Waals surface area contributed by atoms with E-state index in [1.807, 2.05) is 0 Å². The molecule has 1 N–H and O–H groups in total. The summed E-state index contributed by atoms with van der Waals surface area (Å²) in [6, 6.07) is 0. The maximum atomic E-state index is 9.92. The van der Waals surface area contributed by atoms with Crippen molar-refractivity contribution in [2.24, 2.45) is 11.3 Å². The van der Waals surface area contributed by atoms with Crippen LogP contribution in [0.3, 0.4) is 0 Å². The Kier molecular flexibility index (Phi) is 5.62. The van der Waals surface area contributed by atoms with Crippen molar-refractivity contribution in [1.82, 2.24) is 0 Å². The molecule has 1 heteroatoms. The highest BCUT2D eigenvalue weighted by Crippen LogP contribution is 2.29. The molecule has 0 bridgehead atoms. The fourth-order valence-electron chi connectivity index (χ4n) is 1.56. The summed E-state index contributed by atoms with van der Waals surface area (Å²) in [5.41, 5.74) is 0.293. The monoisotopic (exact) mass is 186 g/mol. The van der Waals surface area contributed by atoms with Gasteiger partial charge in [0.05, 0.1) is 6.10 Å². The number of rotatable bonds is 6. The second kappa shape index (κ2) is 5.64. The number of hydrogen-bond acceptors (Lipinski definition) is 1. The van der Waals surface area contributed by atoms with Crippen molar-refractivity contribution in [3.05, 3.63) is 0 Å². The predicted octanol–water partition coefficient (Wildman–Crippen LogP) is 3.61. The van der Waals surface area contributed by atoms with Gasteiger partial charge in [-0.25, -0.2) is 0 Å². The molecule has 2 unspecified atom stereocenters. The first-order chi connectivity index (χ1) is 5.93.